The van der Waals surface area contributed by atoms with Crippen LogP contribution in [-0.4, -0.2) is 7.11 Å². The summed E-state index contributed by atoms with van der Waals surface area (Å²) in [7, 11) is 1.61. The molecule has 1 aromatic carbocycles. The highest BCUT2D eigenvalue weighted by Gasteiger charge is 2.30. The summed E-state index contributed by atoms with van der Waals surface area (Å²) >= 11 is 3.41. The summed E-state index contributed by atoms with van der Waals surface area (Å²) in [5, 5.41) is 0. The van der Waals surface area contributed by atoms with E-state index in [1.54, 1.807) is 13.2 Å². The number of allylic oxidation sites excluding steroid dienone is 1. The van der Waals surface area contributed by atoms with Crippen molar-refractivity contribution in [2.45, 2.75) is 63.9 Å². The lowest BCUT2D eigenvalue weighted by molar-refractivity contribution is 0.171. The van der Waals surface area contributed by atoms with Gasteiger partial charge in [-0.3, -0.25) is 0 Å². The maximum Gasteiger partial charge on any atom is 0.129 e. The summed E-state index contributed by atoms with van der Waals surface area (Å²) in [6, 6.07) is 5.76. The molecule has 3 rings (SSSR count). The lowest BCUT2D eigenvalue weighted by Gasteiger charge is -2.37. The molecule has 2 saturated carbocycles. The van der Waals surface area contributed by atoms with E-state index < -0.39 is 0 Å². The predicted octanol–water partition coefficient (Wildman–Crippen LogP) is 6.96. The highest BCUT2D eigenvalue weighted by atomic mass is 79.9. The molecule has 0 radical (unpaired) electrons. The van der Waals surface area contributed by atoms with Gasteiger partial charge >= 0.3 is 0 Å². The van der Waals surface area contributed by atoms with Crippen LogP contribution in [0.25, 0.3) is 0 Å². The van der Waals surface area contributed by atoms with E-state index in [-0.39, 0.29) is 5.82 Å². The summed E-state index contributed by atoms with van der Waals surface area (Å²) in [6.07, 6.45) is 12.8. The molecule has 2 fully saturated rings. The Morgan fingerprint density at radius 3 is 2.24 bits per heavy atom. The summed E-state index contributed by atoms with van der Waals surface area (Å²) in [5.74, 6) is 3.01. The zero-order valence-corrected chi connectivity index (χ0v) is 16.8. The molecule has 2 aliphatic carbocycles. The first-order valence-electron chi connectivity index (χ1n) is 9.75. The number of rotatable bonds is 5. The van der Waals surface area contributed by atoms with Gasteiger partial charge in [-0.25, -0.2) is 4.39 Å². The summed E-state index contributed by atoms with van der Waals surface area (Å²) in [4.78, 5) is 2.03. The van der Waals surface area contributed by atoms with Gasteiger partial charge in [0.05, 0.1) is 6.61 Å². The van der Waals surface area contributed by atoms with Gasteiger partial charge in [-0.1, -0.05) is 34.1 Å². The molecule has 1 nitrogen and oxygen atoms in total. The Hall–Kier alpha value is -0.670. The van der Waals surface area contributed by atoms with Crippen LogP contribution in [0.15, 0.2) is 29.3 Å². The standard InChI is InChI=1S/C22H30BrFO/c1-25-15-21-11-10-20(14-22(21)24)19-8-6-18(7-9-19)17-4-2-16(3-5-17)12-13-23/h10-14,16-19H,2-9,15H2,1H3. The Morgan fingerprint density at radius 2 is 1.68 bits per heavy atom. The fourth-order valence-electron chi connectivity index (χ4n) is 4.93. The molecule has 0 aromatic heterocycles. The van der Waals surface area contributed by atoms with Crippen molar-refractivity contribution >= 4 is 15.9 Å². The van der Waals surface area contributed by atoms with Crippen LogP contribution >= 0.6 is 15.9 Å². The van der Waals surface area contributed by atoms with Crippen molar-refractivity contribution in [2.24, 2.45) is 17.8 Å². The van der Waals surface area contributed by atoms with Gasteiger partial charge < -0.3 is 4.74 Å². The molecule has 0 heterocycles. The van der Waals surface area contributed by atoms with Crippen LogP contribution in [-0.2, 0) is 11.3 Å². The van der Waals surface area contributed by atoms with E-state index in [0.29, 0.717) is 18.1 Å². The normalized spacial score (nSPS) is 30.7. The molecular weight excluding hydrogens is 379 g/mol. The van der Waals surface area contributed by atoms with Gasteiger partial charge in [0.1, 0.15) is 5.82 Å². The molecule has 2 aliphatic rings. The number of hydrogen-bond donors (Lipinski definition) is 0. The van der Waals surface area contributed by atoms with Gasteiger partial charge in [0.2, 0.25) is 0 Å². The van der Waals surface area contributed by atoms with E-state index in [1.807, 2.05) is 11.1 Å². The van der Waals surface area contributed by atoms with Crippen LogP contribution in [0, 0.1) is 23.6 Å². The zero-order valence-electron chi connectivity index (χ0n) is 15.2. The minimum absolute atomic E-state index is 0.111. The smallest absolute Gasteiger partial charge is 0.129 e. The SMILES string of the molecule is COCc1ccc(C2CCC(C3CCC(C=CBr)CC3)CC2)cc1F. The van der Waals surface area contributed by atoms with Crippen LogP contribution in [0.1, 0.15) is 68.4 Å². The third-order valence-corrected chi connectivity index (χ3v) is 6.75. The van der Waals surface area contributed by atoms with Crippen LogP contribution in [0.4, 0.5) is 4.39 Å². The van der Waals surface area contributed by atoms with Gasteiger partial charge in [0, 0.05) is 12.7 Å². The minimum atomic E-state index is -0.111. The monoisotopic (exact) mass is 408 g/mol. The molecule has 0 bridgehead atoms. The van der Waals surface area contributed by atoms with E-state index in [1.165, 1.54) is 56.9 Å². The van der Waals surface area contributed by atoms with E-state index in [4.69, 9.17) is 4.74 Å². The zero-order chi connectivity index (χ0) is 17.6. The third kappa shape index (κ3) is 4.95. The van der Waals surface area contributed by atoms with Gasteiger partial charge in [-0.15, -0.1) is 0 Å². The molecule has 0 unspecified atom stereocenters. The molecular formula is C22H30BrFO. The van der Waals surface area contributed by atoms with Gasteiger partial charge in [0.15, 0.2) is 0 Å². The largest absolute Gasteiger partial charge is 0.380 e. The average Bonchev–Trinajstić information content (AvgIpc) is 2.65. The number of methoxy groups -OCH3 is 1. The molecule has 0 saturated heterocycles. The van der Waals surface area contributed by atoms with E-state index in [0.717, 1.165) is 17.8 Å². The molecule has 0 aliphatic heterocycles. The van der Waals surface area contributed by atoms with Gasteiger partial charge in [-0.2, -0.15) is 0 Å². The Bertz CT molecular complexity index is 569. The number of benzene rings is 1. The van der Waals surface area contributed by atoms with Crippen molar-refractivity contribution in [3.05, 3.63) is 46.2 Å². The second-order valence-electron chi connectivity index (χ2n) is 7.89. The number of ether oxygens (including phenoxy) is 1. The van der Waals surface area contributed by atoms with Gasteiger partial charge in [0.25, 0.3) is 0 Å². The Morgan fingerprint density at radius 1 is 1.04 bits per heavy atom. The van der Waals surface area contributed by atoms with Crippen molar-refractivity contribution in [3.63, 3.8) is 0 Å². The first-order chi connectivity index (χ1) is 12.2. The first kappa shape index (κ1) is 19.1. The van der Waals surface area contributed by atoms with Crippen molar-refractivity contribution in [3.8, 4) is 0 Å². The van der Waals surface area contributed by atoms with Crippen LogP contribution < -0.4 is 0 Å². The highest BCUT2D eigenvalue weighted by molar-refractivity contribution is 9.11. The van der Waals surface area contributed by atoms with Crippen molar-refractivity contribution < 1.29 is 9.13 Å². The van der Waals surface area contributed by atoms with Crippen molar-refractivity contribution in [1.82, 2.24) is 0 Å². The quantitative estimate of drug-likeness (QED) is 0.511. The Kier molecular flexibility index (Phi) is 7.12. The minimum Gasteiger partial charge on any atom is -0.380 e. The van der Waals surface area contributed by atoms with Crippen molar-refractivity contribution in [2.75, 3.05) is 7.11 Å². The number of halogens is 2. The average molecular weight is 409 g/mol. The van der Waals surface area contributed by atoms with E-state index >= 15 is 0 Å². The van der Waals surface area contributed by atoms with E-state index in [2.05, 4.69) is 28.1 Å². The fourth-order valence-corrected chi connectivity index (χ4v) is 5.36. The molecule has 3 heteroatoms. The molecule has 138 valence electrons. The predicted molar refractivity (Wildman–Crippen MR) is 105 cm³/mol. The Balaban J connectivity index is 1.51. The first-order valence-corrected chi connectivity index (χ1v) is 10.7. The third-order valence-electron chi connectivity index (χ3n) is 6.45. The molecule has 0 atom stereocenters. The molecule has 0 N–H and O–H groups in total. The highest BCUT2D eigenvalue weighted by Crippen LogP contribution is 2.44. The lowest BCUT2D eigenvalue weighted by atomic mass is 9.68. The van der Waals surface area contributed by atoms with Crippen LogP contribution in [0.5, 0.6) is 0 Å². The maximum atomic E-state index is 14.2. The molecule has 25 heavy (non-hydrogen) atoms. The van der Waals surface area contributed by atoms with Crippen LogP contribution in [0.3, 0.4) is 0 Å². The number of hydrogen-bond acceptors (Lipinski definition) is 1. The second-order valence-corrected chi connectivity index (χ2v) is 8.42. The topological polar surface area (TPSA) is 9.23 Å². The summed E-state index contributed by atoms with van der Waals surface area (Å²) in [5.41, 5.74) is 1.84. The van der Waals surface area contributed by atoms with E-state index in [9.17, 15) is 4.39 Å². The van der Waals surface area contributed by atoms with Crippen molar-refractivity contribution in [1.29, 1.82) is 0 Å². The fraction of sp³-hybridized carbons (Fsp3) is 0.636. The second kappa shape index (κ2) is 9.32. The lowest BCUT2D eigenvalue weighted by Crippen LogP contribution is -2.25. The Labute approximate surface area is 160 Å². The summed E-state index contributed by atoms with van der Waals surface area (Å²) in [6.45, 7) is 0.353. The maximum absolute atomic E-state index is 14.2. The van der Waals surface area contributed by atoms with Crippen LogP contribution in [0.2, 0.25) is 0 Å². The molecule has 1 aromatic rings. The molecule has 0 amide bonds. The summed E-state index contributed by atoms with van der Waals surface area (Å²) < 4.78 is 19.2. The molecule has 0 spiro atoms. The van der Waals surface area contributed by atoms with Gasteiger partial charge in [-0.05, 0) is 91.7 Å².